The van der Waals surface area contributed by atoms with Gasteiger partial charge in [0, 0.05) is 37.3 Å². The Hall–Kier alpha value is -2.85. The number of allylic oxidation sites excluding steroid dienone is 2. The van der Waals surface area contributed by atoms with Crippen LogP contribution in [0, 0.1) is 11.3 Å². The van der Waals surface area contributed by atoms with Crippen LogP contribution >= 0.6 is 12.4 Å². The lowest BCUT2D eigenvalue weighted by Gasteiger charge is -2.33. The van der Waals surface area contributed by atoms with Crippen LogP contribution in [0.2, 0.25) is 0 Å². The Morgan fingerprint density at radius 2 is 1.84 bits per heavy atom. The van der Waals surface area contributed by atoms with Crippen LogP contribution in [-0.4, -0.2) is 54.3 Å². The molecule has 2 aromatic carbocycles. The minimum atomic E-state index is -0.588. The molecule has 1 unspecified atom stereocenters. The van der Waals surface area contributed by atoms with Crippen molar-refractivity contribution in [1.82, 2.24) is 10.2 Å². The first kappa shape index (κ1) is 25.4. The summed E-state index contributed by atoms with van der Waals surface area (Å²) in [4.78, 5) is 14.5. The predicted molar refractivity (Wildman–Crippen MR) is 128 cm³/mol. The Kier molecular flexibility index (Phi) is 10.2. The third kappa shape index (κ3) is 7.69. The number of hydrogen-bond donors (Lipinski definition) is 2. The third-order valence-corrected chi connectivity index (χ3v) is 5.46. The van der Waals surface area contributed by atoms with Gasteiger partial charge < -0.3 is 20.1 Å². The van der Waals surface area contributed by atoms with Crippen molar-refractivity contribution in [3.63, 3.8) is 0 Å². The molecule has 32 heavy (non-hydrogen) atoms. The van der Waals surface area contributed by atoms with E-state index in [4.69, 9.17) is 10.00 Å². The molecule has 2 aromatic rings. The number of amides is 1. The first-order valence-electron chi connectivity index (χ1n) is 10.6. The molecule has 0 radical (unpaired) electrons. The van der Waals surface area contributed by atoms with Gasteiger partial charge in [-0.25, -0.2) is 0 Å². The second-order valence-corrected chi connectivity index (χ2v) is 7.86. The van der Waals surface area contributed by atoms with Crippen LogP contribution in [0.1, 0.15) is 35.7 Å². The number of β-amino-alcohol motifs (C(OH)–C–C–N with tert-alkyl or cyclic N) is 1. The summed E-state index contributed by atoms with van der Waals surface area (Å²) in [7, 11) is 0. The highest BCUT2D eigenvalue weighted by molar-refractivity contribution is 5.94. The van der Waals surface area contributed by atoms with Gasteiger partial charge in [0.05, 0.1) is 6.07 Å². The number of rotatable bonds is 8. The highest BCUT2D eigenvalue weighted by atomic mass is 35.5. The average molecular weight is 456 g/mol. The van der Waals surface area contributed by atoms with Crippen LogP contribution in [0.15, 0.2) is 60.7 Å². The number of aliphatic hydroxyl groups is 1. The second-order valence-electron chi connectivity index (χ2n) is 7.86. The fraction of sp³-hybridized carbons (Fsp3) is 0.360. The van der Waals surface area contributed by atoms with E-state index in [1.54, 1.807) is 0 Å². The van der Waals surface area contributed by atoms with Gasteiger partial charge in [-0.3, -0.25) is 4.79 Å². The average Bonchev–Trinajstić information content (AvgIpc) is 2.80. The summed E-state index contributed by atoms with van der Waals surface area (Å²) < 4.78 is 5.71. The standard InChI is InChI=1S/C25H29N3O3.ClH/c1-19(11-14-26)20-7-9-24(10-8-20)31-18-23(29)17-28-15-12-22(13-16-28)27-25(30)21-5-3-2-4-6-21;/h2-11,22-23,29H,12-13,15-18H2,1H3,(H,27,30);1H/b19-11-;. The van der Waals surface area contributed by atoms with Crippen molar-refractivity contribution in [1.29, 1.82) is 5.26 Å². The van der Waals surface area contributed by atoms with E-state index in [9.17, 15) is 9.90 Å². The minimum absolute atomic E-state index is 0. The monoisotopic (exact) mass is 455 g/mol. The molecule has 0 aliphatic carbocycles. The summed E-state index contributed by atoms with van der Waals surface area (Å²) >= 11 is 0. The normalized spacial score (nSPS) is 15.8. The molecular weight excluding hydrogens is 426 g/mol. The van der Waals surface area contributed by atoms with Gasteiger partial charge in [0.15, 0.2) is 0 Å². The maximum absolute atomic E-state index is 12.3. The van der Waals surface area contributed by atoms with Crippen molar-refractivity contribution in [3.8, 4) is 11.8 Å². The van der Waals surface area contributed by atoms with E-state index in [1.165, 1.54) is 6.08 Å². The van der Waals surface area contributed by atoms with E-state index in [1.807, 2.05) is 67.6 Å². The van der Waals surface area contributed by atoms with E-state index in [2.05, 4.69) is 10.2 Å². The Labute approximate surface area is 195 Å². The second kappa shape index (κ2) is 12.9. The van der Waals surface area contributed by atoms with Gasteiger partial charge in [-0.05, 0) is 55.2 Å². The molecule has 1 aliphatic heterocycles. The first-order chi connectivity index (χ1) is 15.0. The summed E-state index contributed by atoms with van der Waals surface area (Å²) in [5.41, 5.74) is 2.55. The molecule has 1 saturated heterocycles. The molecule has 0 saturated carbocycles. The zero-order valence-electron chi connectivity index (χ0n) is 18.2. The molecule has 2 N–H and O–H groups in total. The number of carbonyl (C=O) groups is 1. The van der Waals surface area contributed by atoms with Crippen LogP contribution in [0.25, 0.3) is 5.57 Å². The van der Waals surface area contributed by atoms with Crippen LogP contribution in [-0.2, 0) is 0 Å². The number of piperidine rings is 1. The number of aliphatic hydroxyl groups excluding tert-OH is 1. The molecule has 1 aliphatic rings. The SMILES string of the molecule is C/C(=C/C#N)c1ccc(OCC(O)CN2CCC(NC(=O)c3ccccc3)CC2)cc1.Cl. The number of benzene rings is 2. The van der Waals surface area contributed by atoms with Gasteiger partial charge in [0.1, 0.15) is 18.5 Å². The fourth-order valence-electron chi connectivity index (χ4n) is 3.66. The zero-order chi connectivity index (χ0) is 22.1. The van der Waals surface area contributed by atoms with Gasteiger partial charge >= 0.3 is 0 Å². The van der Waals surface area contributed by atoms with Crippen molar-refractivity contribution in [2.75, 3.05) is 26.2 Å². The molecule has 7 heteroatoms. The Balaban J connectivity index is 0.00000363. The number of ether oxygens (including phenoxy) is 1. The lowest BCUT2D eigenvalue weighted by Crippen LogP contribution is -2.47. The summed E-state index contributed by atoms with van der Waals surface area (Å²) in [5.74, 6) is 0.659. The lowest BCUT2D eigenvalue weighted by molar-refractivity contribution is 0.0568. The van der Waals surface area contributed by atoms with Gasteiger partial charge in [-0.1, -0.05) is 30.3 Å². The number of nitrogens with one attached hydrogen (secondary N) is 1. The van der Waals surface area contributed by atoms with Crippen molar-refractivity contribution >= 4 is 23.9 Å². The molecular formula is C25H30ClN3O3. The maximum Gasteiger partial charge on any atom is 0.251 e. The molecule has 1 heterocycles. The zero-order valence-corrected chi connectivity index (χ0v) is 19.1. The van der Waals surface area contributed by atoms with E-state index >= 15 is 0 Å². The quantitative estimate of drug-likeness (QED) is 0.593. The molecule has 0 spiro atoms. The van der Waals surface area contributed by atoms with Crippen LogP contribution in [0.4, 0.5) is 0 Å². The van der Waals surface area contributed by atoms with E-state index in [0.29, 0.717) is 17.9 Å². The largest absolute Gasteiger partial charge is 0.491 e. The molecule has 6 nitrogen and oxygen atoms in total. The topological polar surface area (TPSA) is 85.6 Å². The van der Waals surface area contributed by atoms with Crippen LogP contribution in [0.3, 0.4) is 0 Å². The van der Waals surface area contributed by atoms with Crippen molar-refractivity contribution in [3.05, 3.63) is 71.8 Å². The molecule has 170 valence electrons. The summed E-state index contributed by atoms with van der Waals surface area (Å²) in [6.07, 6.45) is 2.65. The number of nitrogens with zero attached hydrogens (tertiary/aromatic N) is 2. The first-order valence-corrected chi connectivity index (χ1v) is 10.6. The molecule has 1 fully saturated rings. The van der Waals surface area contributed by atoms with Crippen molar-refractivity contribution in [2.45, 2.75) is 31.9 Å². The molecule has 3 rings (SSSR count). The highest BCUT2D eigenvalue weighted by Gasteiger charge is 2.22. The summed E-state index contributed by atoms with van der Waals surface area (Å²) in [5, 5.41) is 22.2. The lowest BCUT2D eigenvalue weighted by atomic mass is 10.0. The van der Waals surface area contributed by atoms with Gasteiger partial charge in [0.25, 0.3) is 5.91 Å². The van der Waals surface area contributed by atoms with E-state index in [0.717, 1.165) is 37.1 Å². The summed E-state index contributed by atoms with van der Waals surface area (Å²) in [6.45, 7) is 4.31. The molecule has 1 atom stereocenters. The number of halogens is 1. The van der Waals surface area contributed by atoms with E-state index < -0.39 is 6.10 Å². The fourth-order valence-corrected chi connectivity index (χ4v) is 3.66. The third-order valence-electron chi connectivity index (χ3n) is 5.46. The predicted octanol–water partition coefficient (Wildman–Crippen LogP) is 3.67. The smallest absolute Gasteiger partial charge is 0.251 e. The minimum Gasteiger partial charge on any atom is -0.491 e. The number of likely N-dealkylation sites (tertiary alicyclic amines) is 1. The van der Waals surface area contributed by atoms with Crippen LogP contribution in [0.5, 0.6) is 5.75 Å². The van der Waals surface area contributed by atoms with Gasteiger partial charge in [-0.2, -0.15) is 5.26 Å². The highest BCUT2D eigenvalue weighted by Crippen LogP contribution is 2.18. The Morgan fingerprint density at radius 3 is 2.47 bits per heavy atom. The molecule has 0 bridgehead atoms. The van der Waals surface area contributed by atoms with E-state index in [-0.39, 0.29) is 31.0 Å². The number of carbonyl (C=O) groups excluding carboxylic acids is 1. The maximum atomic E-state index is 12.3. The molecule has 1 amide bonds. The number of nitriles is 1. The Morgan fingerprint density at radius 1 is 1.19 bits per heavy atom. The van der Waals surface area contributed by atoms with Crippen molar-refractivity contribution < 1.29 is 14.6 Å². The van der Waals surface area contributed by atoms with Gasteiger partial charge in [0.2, 0.25) is 0 Å². The van der Waals surface area contributed by atoms with Gasteiger partial charge in [-0.15, -0.1) is 12.4 Å². The Bertz CT molecular complexity index is 918. The number of hydrogen-bond acceptors (Lipinski definition) is 5. The molecule has 0 aromatic heterocycles. The summed E-state index contributed by atoms with van der Waals surface area (Å²) in [6, 6.07) is 18.9. The van der Waals surface area contributed by atoms with Crippen molar-refractivity contribution in [2.24, 2.45) is 0 Å². The van der Waals surface area contributed by atoms with Crippen LogP contribution < -0.4 is 10.1 Å².